The molecule has 176 valence electrons. The van der Waals surface area contributed by atoms with Crippen molar-refractivity contribution in [2.24, 2.45) is 5.41 Å². The molecule has 2 N–H and O–H groups in total. The monoisotopic (exact) mass is 478 g/mol. The van der Waals surface area contributed by atoms with E-state index in [4.69, 9.17) is 0 Å². The van der Waals surface area contributed by atoms with Crippen LogP contribution in [0.25, 0.3) is 11.3 Å². The topological polar surface area (TPSA) is 114 Å². The van der Waals surface area contributed by atoms with Crippen molar-refractivity contribution in [1.82, 2.24) is 19.3 Å². The molecule has 3 aromatic rings. The van der Waals surface area contributed by atoms with Gasteiger partial charge in [-0.1, -0.05) is 20.8 Å². The summed E-state index contributed by atoms with van der Waals surface area (Å²) in [6.45, 7) is 6.78. The van der Waals surface area contributed by atoms with Gasteiger partial charge in [-0.05, 0) is 43.0 Å². The van der Waals surface area contributed by atoms with Gasteiger partial charge in [0.05, 0.1) is 11.3 Å². The van der Waals surface area contributed by atoms with Crippen LogP contribution in [-0.4, -0.2) is 39.6 Å². The minimum absolute atomic E-state index is 0.0907. The fourth-order valence-corrected chi connectivity index (χ4v) is 5.01. The second-order valence-electron chi connectivity index (χ2n) is 8.62. The van der Waals surface area contributed by atoms with Crippen molar-refractivity contribution < 1.29 is 27.1 Å². The van der Waals surface area contributed by atoms with Crippen LogP contribution in [0.15, 0.2) is 47.8 Å². The fraction of sp³-hybridized carbons (Fsp3) is 0.318. The minimum atomic E-state index is -4.38. The van der Waals surface area contributed by atoms with Gasteiger partial charge in [-0.2, -0.15) is 4.39 Å². The van der Waals surface area contributed by atoms with Gasteiger partial charge < -0.3 is 10.4 Å². The fourth-order valence-electron chi connectivity index (χ4n) is 3.43. The van der Waals surface area contributed by atoms with Crippen molar-refractivity contribution in [1.29, 1.82) is 0 Å². The van der Waals surface area contributed by atoms with Gasteiger partial charge in [0.15, 0.2) is 5.82 Å². The van der Waals surface area contributed by atoms with Crippen molar-refractivity contribution in [3.8, 4) is 11.3 Å². The number of hydrogen-bond donors (Lipinski definition) is 2. The maximum absolute atomic E-state index is 15.7. The van der Waals surface area contributed by atoms with Gasteiger partial charge in [-0.3, -0.25) is 4.98 Å². The lowest BCUT2D eigenvalue weighted by molar-refractivity contribution is 0.174. The molecule has 0 bridgehead atoms. The molecule has 1 atom stereocenters. The van der Waals surface area contributed by atoms with E-state index in [2.05, 4.69) is 15.3 Å². The summed E-state index contributed by atoms with van der Waals surface area (Å²) in [6.07, 6.45) is 2.18. The third kappa shape index (κ3) is 4.87. The Labute approximate surface area is 190 Å². The van der Waals surface area contributed by atoms with Crippen LogP contribution in [-0.2, 0) is 16.4 Å². The molecule has 0 aliphatic carbocycles. The number of pyridine rings is 2. The second-order valence-corrected chi connectivity index (χ2v) is 10.4. The first-order chi connectivity index (χ1) is 15.3. The Bertz CT molecular complexity index is 1300. The third-order valence-electron chi connectivity index (χ3n) is 5.26. The minimum Gasteiger partial charge on any atom is -0.465 e. The van der Waals surface area contributed by atoms with E-state index in [-0.39, 0.29) is 28.1 Å². The van der Waals surface area contributed by atoms with E-state index < -0.39 is 45.0 Å². The predicted octanol–water partition coefficient (Wildman–Crippen LogP) is 3.99. The van der Waals surface area contributed by atoms with E-state index in [1.807, 2.05) is 0 Å². The number of hydrogen-bond acceptors (Lipinski definition) is 5. The Morgan fingerprint density at radius 2 is 1.82 bits per heavy atom. The van der Waals surface area contributed by atoms with Crippen LogP contribution in [0.1, 0.15) is 32.0 Å². The molecule has 0 aliphatic heterocycles. The maximum Gasteiger partial charge on any atom is 0.404 e. The zero-order valence-electron chi connectivity index (χ0n) is 18.5. The number of nitrogens with zero attached hydrogens (tertiary/aromatic N) is 3. The molecule has 0 spiro atoms. The van der Waals surface area contributed by atoms with Crippen LogP contribution in [0.3, 0.4) is 0 Å². The average Bonchev–Trinajstić information content (AvgIpc) is 3.04. The highest BCUT2D eigenvalue weighted by Crippen LogP contribution is 2.34. The first-order valence-corrected chi connectivity index (χ1v) is 11.4. The van der Waals surface area contributed by atoms with Crippen molar-refractivity contribution in [3.05, 3.63) is 65.9 Å². The van der Waals surface area contributed by atoms with Crippen LogP contribution in [0.2, 0.25) is 0 Å². The predicted molar refractivity (Wildman–Crippen MR) is 117 cm³/mol. The van der Waals surface area contributed by atoms with Crippen LogP contribution in [0.5, 0.6) is 0 Å². The molecular weight excluding hydrogens is 454 g/mol. The molecule has 0 aromatic carbocycles. The summed E-state index contributed by atoms with van der Waals surface area (Å²) >= 11 is 0. The lowest BCUT2D eigenvalue weighted by atomic mass is 9.83. The van der Waals surface area contributed by atoms with Crippen LogP contribution >= 0.6 is 0 Å². The molecule has 8 nitrogen and oxygen atoms in total. The molecule has 3 aromatic heterocycles. The lowest BCUT2D eigenvalue weighted by Gasteiger charge is -2.30. The quantitative estimate of drug-likeness (QED) is 0.518. The highest BCUT2D eigenvalue weighted by Gasteiger charge is 2.33. The van der Waals surface area contributed by atoms with Gasteiger partial charge >= 0.3 is 6.09 Å². The molecule has 3 heterocycles. The Balaban J connectivity index is 2.26. The van der Waals surface area contributed by atoms with Gasteiger partial charge in [0.1, 0.15) is 10.6 Å². The Hall–Kier alpha value is -3.34. The standard InChI is InChI=1S/C22H24F2N4O4S/c1-13-16(8-6-9-25-13)33(31,32)28-12-14(11-17(22(2,3)4)27-21(29)30)18(23)19(28)15-7-5-10-26-20(15)24/h5-10,12,17,27H,11H2,1-4H3,(H,29,30). The van der Waals surface area contributed by atoms with Gasteiger partial charge in [-0.25, -0.2) is 26.6 Å². The molecule has 0 saturated heterocycles. The molecule has 11 heteroatoms. The van der Waals surface area contributed by atoms with Crippen LogP contribution < -0.4 is 5.32 Å². The van der Waals surface area contributed by atoms with E-state index in [9.17, 15) is 22.7 Å². The number of aryl methyl sites for hydroxylation is 1. The molecule has 0 fully saturated rings. The number of aromatic nitrogens is 3. The summed E-state index contributed by atoms with van der Waals surface area (Å²) in [4.78, 5) is 18.6. The number of nitrogens with one attached hydrogen (secondary N) is 1. The third-order valence-corrected chi connectivity index (χ3v) is 7.05. The number of halogens is 2. The Morgan fingerprint density at radius 1 is 1.18 bits per heavy atom. The summed E-state index contributed by atoms with van der Waals surface area (Å²) in [5.74, 6) is -2.02. The SMILES string of the molecule is Cc1ncccc1S(=O)(=O)n1cc(CC(NC(=O)O)C(C)(C)C)c(F)c1-c1cccnc1F. The maximum atomic E-state index is 15.7. The molecule has 0 aliphatic rings. The first kappa shape index (κ1) is 24.3. The van der Waals surface area contributed by atoms with E-state index in [1.54, 1.807) is 20.8 Å². The number of carboxylic acid groups (broad SMARTS) is 1. The average molecular weight is 479 g/mol. The normalized spacial score (nSPS) is 13.0. The number of amides is 1. The van der Waals surface area contributed by atoms with Crippen molar-refractivity contribution in [2.75, 3.05) is 0 Å². The summed E-state index contributed by atoms with van der Waals surface area (Å²) in [6, 6.07) is 4.58. The second kappa shape index (κ2) is 8.89. The van der Waals surface area contributed by atoms with E-state index >= 15 is 4.39 Å². The first-order valence-electron chi connectivity index (χ1n) is 10.0. The lowest BCUT2D eigenvalue weighted by Crippen LogP contribution is -2.44. The van der Waals surface area contributed by atoms with Gasteiger partial charge in [0, 0.05) is 30.2 Å². The van der Waals surface area contributed by atoms with E-state index in [0.29, 0.717) is 3.97 Å². The number of carbonyl (C=O) groups is 1. The molecule has 1 amide bonds. The summed E-state index contributed by atoms with van der Waals surface area (Å²) in [5.41, 5.74) is -1.39. The van der Waals surface area contributed by atoms with Crippen molar-refractivity contribution in [2.45, 2.75) is 45.1 Å². The van der Waals surface area contributed by atoms with Gasteiger partial charge in [-0.15, -0.1) is 0 Å². The van der Waals surface area contributed by atoms with Crippen molar-refractivity contribution >= 4 is 16.1 Å². The molecule has 0 saturated carbocycles. The van der Waals surface area contributed by atoms with E-state index in [0.717, 1.165) is 12.4 Å². The smallest absolute Gasteiger partial charge is 0.404 e. The molecule has 3 rings (SSSR count). The molecular formula is C22H24F2N4O4S. The summed E-state index contributed by atoms with van der Waals surface area (Å²) in [7, 11) is -4.38. The molecule has 33 heavy (non-hydrogen) atoms. The molecule has 0 radical (unpaired) electrons. The zero-order valence-corrected chi connectivity index (χ0v) is 19.3. The number of rotatable bonds is 6. The zero-order chi connectivity index (χ0) is 24.6. The van der Waals surface area contributed by atoms with Crippen molar-refractivity contribution in [3.63, 3.8) is 0 Å². The van der Waals surface area contributed by atoms with Crippen LogP contribution in [0, 0.1) is 24.1 Å². The summed E-state index contributed by atoms with van der Waals surface area (Å²) < 4.78 is 57.9. The molecule has 1 unspecified atom stereocenters. The highest BCUT2D eigenvalue weighted by molar-refractivity contribution is 7.90. The highest BCUT2D eigenvalue weighted by atomic mass is 32.2. The van der Waals surface area contributed by atoms with Gasteiger partial charge in [0.25, 0.3) is 10.0 Å². The van der Waals surface area contributed by atoms with E-state index in [1.165, 1.54) is 37.4 Å². The largest absolute Gasteiger partial charge is 0.465 e. The van der Waals surface area contributed by atoms with Gasteiger partial charge in [0.2, 0.25) is 5.95 Å². The Kier molecular flexibility index (Phi) is 6.55. The van der Waals surface area contributed by atoms with Crippen LogP contribution in [0.4, 0.5) is 13.6 Å². The summed E-state index contributed by atoms with van der Waals surface area (Å²) in [5, 5.41) is 11.6. The Morgan fingerprint density at radius 3 is 2.39 bits per heavy atom.